The first-order valence-electron chi connectivity index (χ1n) is 9.68. The molecule has 3 rings (SSSR count). The first kappa shape index (κ1) is 17.9. The minimum absolute atomic E-state index is 0.0374. The van der Waals surface area contributed by atoms with Crippen molar-refractivity contribution in [3.05, 3.63) is 29.1 Å². The van der Waals surface area contributed by atoms with E-state index in [0.29, 0.717) is 17.6 Å². The maximum Gasteiger partial charge on any atom is 0.272 e. The highest BCUT2D eigenvalue weighted by Crippen LogP contribution is 2.20. The number of nitrogens with one attached hydrogen (secondary N) is 1. The van der Waals surface area contributed by atoms with Gasteiger partial charge in [-0.2, -0.15) is 0 Å². The summed E-state index contributed by atoms with van der Waals surface area (Å²) in [5.41, 5.74) is 2.88. The molecule has 2 heterocycles. The Balaban J connectivity index is 1.59. The number of hydrogen-bond donors (Lipinski definition) is 1. The monoisotopic (exact) mass is 342 g/mol. The van der Waals surface area contributed by atoms with Gasteiger partial charge in [0.15, 0.2) is 0 Å². The highest BCUT2D eigenvalue weighted by atomic mass is 16.2. The number of anilines is 1. The lowest BCUT2D eigenvalue weighted by Crippen LogP contribution is -2.38. The van der Waals surface area contributed by atoms with Gasteiger partial charge < -0.3 is 10.2 Å². The second kappa shape index (κ2) is 8.45. The van der Waals surface area contributed by atoms with Gasteiger partial charge in [0.05, 0.1) is 0 Å². The van der Waals surface area contributed by atoms with Gasteiger partial charge in [-0.15, -0.1) is 0 Å². The van der Waals surface area contributed by atoms with E-state index in [0.717, 1.165) is 44.6 Å². The Morgan fingerprint density at radius 1 is 1.28 bits per heavy atom. The third kappa shape index (κ3) is 5.03. The average Bonchev–Trinajstić information content (AvgIpc) is 2.62. The summed E-state index contributed by atoms with van der Waals surface area (Å²) in [7, 11) is 0. The van der Waals surface area contributed by atoms with Gasteiger partial charge in [-0.25, -0.2) is 9.97 Å². The number of rotatable bonds is 5. The standard InChI is InChI=1S/C20H30N4O/c1-15-9-12-24(13-10-15)19(25)18-14-16(2)22-20(23-18)21-11-8-17-6-4-3-5-7-17/h6,14-15H,3-5,7-13H2,1-2H3,(H,21,22,23). The molecule has 0 unspecified atom stereocenters. The summed E-state index contributed by atoms with van der Waals surface area (Å²) in [4.78, 5) is 23.6. The maximum absolute atomic E-state index is 12.7. The van der Waals surface area contributed by atoms with Gasteiger partial charge in [0.25, 0.3) is 5.91 Å². The van der Waals surface area contributed by atoms with Gasteiger partial charge in [0.1, 0.15) is 5.69 Å². The molecule has 25 heavy (non-hydrogen) atoms. The van der Waals surface area contributed by atoms with E-state index in [-0.39, 0.29) is 5.91 Å². The third-order valence-electron chi connectivity index (χ3n) is 5.26. The van der Waals surface area contributed by atoms with Crippen molar-refractivity contribution in [2.75, 3.05) is 25.0 Å². The van der Waals surface area contributed by atoms with Gasteiger partial charge in [0.2, 0.25) is 5.95 Å². The molecule has 0 saturated carbocycles. The minimum Gasteiger partial charge on any atom is -0.354 e. The number of amides is 1. The molecule has 5 heteroatoms. The van der Waals surface area contributed by atoms with Crippen molar-refractivity contribution in [3.8, 4) is 0 Å². The fourth-order valence-electron chi connectivity index (χ4n) is 3.60. The van der Waals surface area contributed by atoms with Crippen LogP contribution in [0.3, 0.4) is 0 Å². The van der Waals surface area contributed by atoms with E-state index in [9.17, 15) is 4.79 Å². The summed E-state index contributed by atoms with van der Waals surface area (Å²) >= 11 is 0. The van der Waals surface area contributed by atoms with Crippen molar-refractivity contribution < 1.29 is 4.79 Å². The van der Waals surface area contributed by atoms with Crippen LogP contribution in [0.2, 0.25) is 0 Å². The molecule has 1 aliphatic heterocycles. The molecule has 1 amide bonds. The van der Waals surface area contributed by atoms with Gasteiger partial charge in [0, 0.05) is 25.3 Å². The summed E-state index contributed by atoms with van der Waals surface area (Å²) in [6, 6.07) is 1.80. The molecule has 2 aliphatic rings. The zero-order chi connectivity index (χ0) is 17.6. The highest BCUT2D eigenvalue weighted by Gasteiger charge is 2.23. The number of carbonyl (C=O) groups excluding carboxylic acids is 1. The van der Waals surface area contributed by atoms with Gasteiger partial charge in [-0.3, -0.25) is 4.79 Å². The van der Waals surface area contributed by atoms with Gasteiger partial charge >= 0.3 is 0 Å². The fourth-order valence-corrected chi connectivity index (χ4v) is 3.60. The van der Waals surface area contributed by atoms with Crippen LogP contribution >= 0.6 is 0 Å². The largest absolute Gasteiger partial charge is 0.354 e. The van der Waals surface area contributed by atoms with E-state index in [2.05, 4.69) is 28.3 Å². The van der Waals surface area contributed by atoms with E-state index in [4.69, 9.17) is 0 Å². The second-order valence-electron chi connectivity index (χ2n) is 7.48. The molecule has 1 aliphatic carbocycles. The van der Waals surface area contributed by atoms with Gasteiger partial charge in [-0.1, -0.05) is 18.6 Å². The van der Waals surface area contributed by atoms with E-state index >= 15 is 0 Å². The molecular weight excluding hydrogens is 312 g/mol. The second-order valence-corrected chi connectivity index (χ2v) is 7.48. The molecular formula is C20H30N4O. The van der Waals surface area contributed by atoms with Crippen molar-refractivity contribution in [2.24, 2.45) is 5.92 Å². The average molecular weight is 342 g/mol. The predicted octanol–water partition coefficient (Wildman–Crippen LogP) is 3.96. The summed E-state index contributed by atoms with van der Waals surface area (Å²) in [6.07, 6.45) is 10.6. The van der Waals surface area contributed by atoms with Crippen LogP contribution in [0.25, 0.3) is 0 Å². The molecule has 0 bridgehead atoms. The van der Waals surface area contributed by atoms with Crippen LogP contribution in [0.15, 0.2) is 17.7 Å². The Kier molecular flexibility index (Phi) is 6.05. The summed E-state index contributed by atoms with van der Waals surface area (Å²) in [6.45, 7) is 6.66. The molecule has 136 valence electrons. The molecule has 5 nitrogen and oxygen atoms in total. The summed E-state index contributed by atoms with van der Waals surface area (Å²) in [5, 5.41) is 3.30. The zero-order valence-corrected chi connectivity index (χ0v) is 15.6. The SMILES string of the molecule is Cc1cc(C(=O)N2CCC(C)CC2)nc(NCCC2=CCCCC2)n1. The number of hydrogen-bond acceptors (Lipinski definition) is 4. The lowest BCUT2D eigenvalue weighted by Gasteiger charge is -2.30. The zero-order valence-electron chi connectivity index (χ0n) is 15.6. The number of likely N-dealkylation sites (tertiary alicyclic amines) is 1. The number of carbonyl (C=O) groups is 1. The Bertz CT molecular complexity index is 633. The third-order valence-corrected chi connectivity index (χ3v) is 5.26. The smallest absolute Gasteiger partial charge is 0.272 e. The number of allylic oxidation sites excluding steroid dienone is 1. The van der Waals surface area contributed by atoms with Crippen LogP contribution in [0.5, 0.6) is 0 Å². The van der Waals surface area contributed by atoms with Crippen molar-refractivity contribution in [1.82, 2.24) is 14.9 Å². The highest BCUT2D eigenvalue weighted by molar-refractivity contribution is 5.92. The molecule has 1 saturated heterocycles. The van der Waals surface area contributed by atoms with Crippen LogP contribution in [-0.2, 0) is 0 Å². The maximum atomic E-state index is 12.7. The quantitative estimate of drug-likeness (QED) is 0.823. The van der Waals surface area contributed by atoms with E-state index < -0.39 is 0 Å². The van der Waals surface area contributed by atoms with Crippen molar-refractivity contribution in [2.45, 2.75) is 58.8 Å². The number of nitrogens with zero attached hydrogens (tertiary/aromatic N) is 3. The van der Waals surface area contributed by atoms with Crippen molar-refractivity contribution >= 4 is 11.9 Å². The normalized spacial score (nSPS) is 18.8. The van der Waals surface area contributed by atoms with Gasteiger partial charge in [-0.05, 0) is 63.9 Å². The van der Waals surface area contributed by atoms with Crippen LogP contribution in [0.4, 0.5) is 5.95 Å². The fraction of sp³-hybridized carbons (Fsp3) is 0.650. The van der Waals surface area contributed by atoms with Crippen molar-refractivity contribution in [1.29, 1.82) is 0 Å². The van der Waals surface area contributed by atoms with E-state index in [1.165, 1.54) is 31.3 Å². The van der Waals surface area contributed by atoms with E-state index in [1.54, 1.807) is 6.07 Å². The first-order chi connectivity index (χ1) is 12.1. The van der Waals surface area contributed by atoms with E-state index in [1.807, 2.05) is 11.8 Å². The molecule has 1 N–H and O–H groups in total. The lowest BCUT2D eigenvalue weighted by atomic mass is 9.97. The van der Waals surface area contributed by atoms with Crippen molar-refractivity contribution in [3.63, 3.8) is 0 Å². The number of aromatic nitrogens is 2. The Labute approximate surface area is 150 Å². The summed E-state index contributed by atoms with van der Waals surface area (Å²) < 4.78 is 0. The molecule has 1 aromatic rings. The van der Waals surface area contributed by atoms with Crippen LogP contribution in [0, 0.1) is 12.8 Å². The molecule has 0 aromatic carbocycles. The Hall–Kier alpha value is -1.91. The Morgan fingerprint density at radius 2 is 2.08 bits per heavy atom. The van der Waals surface area contributed by atoms with Crippen LogP contribution in [0.1, 0.15) is 68.1 Å². The topological polar surface area (TPSA) is 58.1 Å². The molecule has 1 fully saturated rings. The Morgan fingerprint density at radius 3 is 2.80 bits per heavy atom. The predicted molar refractivity (Wildman–Crippen MR) is 101 cm³/mol. The van der Waals surface area contributed by atoms with Crippen LogP contribution in [-0.4, -0.2) is 40.4 Å². The van der Waals surface area contributed by atoms with Crippen LogP contribution < -0.4 is 5.32 Å². The summed E-state index contributed by atoms with van der Waals surface area (Å²) in [5.74, 6) is 1.32. The lowest BCUT2D eigenvalue weighted by molar-refractivity contribution is 0.0691. The minimum atomic E-state index is 0.0374. The molecule has 0 radical (unpaired) electrons. The molecule has 0 spiro atoms. The molecule has 1 aromatic heterocycles. The number of aryl methyl sites for hydroxylation is 1. The molecule has 0 atom stereocenters. The first-order valence-corrected chi connectivity index (χ1v) is 9.68. The number of piperidine rings is 1.